The quantitative estimate of drug-likeness (QED) is 0.408. The van der Waals surface area contributed by atoms with Crippen molar-refractivity contribution in [1.29, 1.82) is 0 Å². The average Bonchev–Trinajstić information content (AvgIpc) is 2.85. The third-order valence-corrected chi connectivity index (χ3v) is 4.92. The number of methoxy groups -OCH3 is 3. The second-order valence-corrected chi connectivity index (χ2v) is 6.77. The molecule has 0 aliphatic carbocycles. The molecule has 162 valence electrons. The molecule has 0 aliphatic rings. The fourth-order valence-corrected chi connectivity index (χ4v) is 3.26. The van der Waals surface area contributed by atoms with Gasteiger partial charge in [0.15, 0.2) is 17.3 Å². The van der Waals surface area contributed by atoms with Gasteiger partial charge in [-0.15, -0.1) is 0 Å². The summed E-state index contributed by atoms with van der Waals surface area (Å²) in [4.78, 5) is 26.2. The molecule has 0 atom stereocenters. The zero-order chi connectivity index (χ0) is 22.7. The van der Waals surface area contributed by atoms with Crippen LogP contribution in [0.1, 0.15) is 10.4 Å². The minimum Gasteiger partial charge on any atom is -0.497 e. The van der Waals surface area contributed by atoms with Crippen LogP contribution in [0.15, 0.2) is 75.9 Å². The standard InChI is InChI=1S/C25H20O7/c1-28-17-11-8-15(9-12-17)23-24(22(26)18-6-4-5-7-19(18)31-23)32-25(27)16-10-13-20(29-2)21(14-16)30-3/h4-14H,1-3H3. The first kappa shape index (κ1) is 21.0. The van der Waals surface area contributed by atoms with Crippen molar-refractivity contribution in [2.45, 2.75) is 0 Å². The molecule has 0 N–H and O–H groups in total. The van der Waals surface area contributed by atoms with Gasteiger partial charge in [0.25, 0.3) is 0 Å². The summed E-state index contributed by atoms with van der Waals surface area (Å²) in [5, 5.41) is 0.305. The molecule has 7 heteroatoms. The molecule has 7 nitrogen and oxygen atoms in total. The number of para-hydroxylation sites is 1. The summed E-state index contributed by atoms with van der Waals surface area (Å²) < 4.78 is 27.2. The summed E-state index contributed by atoms with van der Waals surface area (Å²) in [5.74, 6) is 0.680. The number of hydrogen-bond donors (Lipinski definition) is 0. The molecule has 4 rings (SSSR count). The lowest BCUT2D eigenvalue weighted by molar-refractivity contribution is 0.0731. The number of rotatable bonds is 6. The normalized spacial score (nSPS) is 10.6. The summed E-state index contributed by atoms with van der Waals surface area (Å²) >= 11 is 0. The Labute approximate surface area is 183 Å². The van der Waals surface area contributed by atoms with Crippen LogP contribution in [0.4, 0.5) is 0 Å². The van der Waals surface area contributed by atoms with E-state index < -0.39 is 11.4 Å². The number of hydrogen-bond acceptors (Lipinski definition) is 7. The highest BCUT2D eigenvalue weighted by Crippen LogP contribution is 2.33. The van der Waals surface area contributed by atoms with Crippen molar-refractivity contribution in [2.24, 2.45) is 0 Å². The smallest absolute Gasteiger partial charge is 0.343 e. The van der Waals surface area contributed by atoms with Crippen LogP contribution in [0.3, 0.4) is 0 Å². The Hall–Kier alpha value is -4.26. The second kappa shape index (κ2) is 8.85. The van der Waals surface area contributed by atoms with E-state index in [0.29, 0.717) is 33.8 Å². The van der Waals surface area contributed by atoms with Gasteiger partial charge < -0.3 is 23.4 Å². The highest BCUT2D eigenvalue weighted by atomic mass is 16.5. The molecule has 0 radical (unpaired) electrons. The fraction of sp³-hybridized carbons (Fsp3) is 0.120. The van der Waals surface area contributed by atoms with Gasteiger partial charge in [-0.3, -0.25) is 4.79 Å². The molecule has 1 heterocycles. The van der Waals surface area contributed by atoms with E-state index in [9.17, 15) is 9.59 Å². The first-order chi connectivity index (χ1) is 15.5. The van der Waals surface area contributed by atoms with Gasteiger partial charge in [-0.1, -0.05) is 12.1 Å². The van der Waals surface area contributed by atoms with Crippen molar-refractivity contribution < 1.29 is 28.2 Å². The number of carbonyl (C=O) groups is 1. The SMILES string of the molecule is COc1ccc(-c2oc3ccccc3c(=O)c2OC(=O)c2ccc(OC)c(OC)c2)cc1. The second-order valence-electron chi connectivity index (χ2n) is 6.77. The van der Waals surface area contributed by atoms with Gasteiger partial charge in [0, 0.05) is 5.56 Å². The maximum absolute atomic E-state index is 13.2. The van der Waals surface area contributed by atoms with E-state index in [2.05, 4.69) is 0 Å². The molecule has 1 aromatic heterocycles. The molecule has 0 spiro atoms. The number of carbonyl (C=O) groups excluding carboxylic acids is 1. The zero-order valence-electron chi connectivity index (χ0n) is 17.7. The zero-order valence-corrected chi connectivity index (χ0v) is 17.7. The monoisotopic (exact) mass is 432 g/mol. The van der Waals surface area contributed by atoms with Gasteiger partial charge in [0.2, 0.25) is 11.2 Å². The Morgan fingerprint density at radius 1 is 0.812 bits per heavy atom. The molecule has 0 fully saturated rings. The van der Waals surface area contributed by atoms with Crippen molar-refractivity contribution in [1.82, 2.24) is 0 Å². The largest absolute Gasteiger partial charge is 0.497 e. The van der Waals surface area contributed by atoms with Gasteiger partial charge in [0.1, 0.15) is 11.3 Å². The van der Waals surface area contributed by atoms with E-state index in [1.807, 2.05) is 0 Å². The van der Waals surface area contributed by atoms with Gasteiger partial charge >= 0.3 is 5.97 Å². The summed E-state index contributed by atoms with van der Waals surface area (Å²) in [5.41, 5.74) is 0.681. The van der Waals surface area contributed by atoms with Crippen molar-refractivity contribution in [3.05, 3.63) is 82.5 Å². The summed E-state index contributed by atoms with van der Waals surface area (Å²) in [6, 6.07) is 18.3. The third kappa shape index (κ3) is 3.88. The first-order valence-corrected chi connectivity index (χ1v) is 9.70. The van der Waals surface area contributed by atoms with E-state index in [0.717, 1.165) is 0 Å². The Balaban J connectivity index is 1.82. The van der Waals surface area contributed by atoms with Crippen LogP contribution in [-0.2, 0) is 0 Å². The van der Waals surface area contributed by atoms with E-state index in [-0.39, 0.29) is 17.1 Å². The maximum atomic E-state index is 13.2. The van der Waals surface area contributed by atoms with E-state index >= 15 is 0 Å². The minimum absolute atomic E-state index is 0.144. The Morgan fingerprint density at radius 3 is 2.22 bits per heavy atom. The number of benzene rings is 3. The number of ether oxygens (including phenoxy) is 4. The fourth-order valence-electron chi connectivity index (χ4n) is 3.26. The summed E-state index contributed by atoms with van der Waals surface area (Å²) in [7, 11) is 4.52. The Kier molecular flexibility index (Phi) is 5.81. The van der Waals surface area contributed by atoms with Gasteiger partial charge in [-0.2, -0.15) is 0 Å². The van der Waals surface area contributed by atoms with Gasteiger partial charge in [-0.05, 0) is 54.6 Å². The van der Waals surface area contributed by atoms with Crippen LogP contribution in [0.5, 0.6) is 23.0 Å². The van der Waals surface area contributed by atoms with Crippen LogP contribution in [-0.4, -0.2) is 27.3 Å². The molecular formula is C25H20O7. The lowest BCUT2D eigenvalue weighted by atomic mass is 10.1. The maximum Gasteiger partial charge on any atom is 0.343 e. The van der Waals surface area contributed by atoms with Gasteiger partial charge in [0.05, 0.1) is 32.3 Å². The van der Waals surface area contributed by atoms with Gasteiger partial charge in [-0.25, -0.2) is 4.79 Å². The number of esters is 1. The van der Waals surface area contributed by atoms with Crippen molar-refractivity contribution in [3.63, 3.8) is 0 Å². The van der Waals surface area contributed by atoms with Crippen molar-refractivity contribution in [2.75, 3.05) is 21.3 Å². The molecular weight excluding hydrogens is 412 g/mol. The molecule has 0 bridgehead atoms. The van der Waals surface area contributed by atoms with Crippen LogP contribution in [0.2, 0.25) is 0 Å². The van der Waals surface area contributed by atoms with Crippen molar-refractivity contribution >= 4 is 16.9 Å². The predicted octanol–water partition coefficient (Wildman–Crippen LogP) is 4.71. The minimum atomic E-state index is -0.733. The van der Waals surface area contributed by atoms with E-state index in [1.54, 1.807) is 61.7 Å². The predicted molar refractivity (Wildman–Crippen MR) is 119 cm³/mol. The molecule has 3 aromatic carbocycles. The van der Waals surface area contributed by atoms with Crippen molar-refractivity contribution in [3.8, 4) is 34.3 Å². The molecule has 4 aromatic rings. The summed E-state index contributed by atoms with van der Waals surface area (Å²) in [6.07, 6.45) is 0. The van der Waals surface area contributed by atoms with Crippen LogP contribution < -0.4 is 24.4 Å². The molecule has 0 amide bonds. The van der Waals surface area contributed by atoms with E-state index in [4.69, 9.17) is 23.4 Å². The topological polar surface area (TPSA) is 84.2 Å². The molecule has 0 aliphatic heterocycles. The van der Waals surface area contributed by atoms with E-state index in [1.165, 1.54) is 26.4 Å². The Morgan fingerprint density at radius 2 is 1.53 bits per heavy atom. The molecule has 0 unspecified atom stereocenters. The molecule has 0 saturated heterocycles. The Bertz CT molecular complexity index is 1340. The number of fused-ring (bicyclic) bond motifs is 1. The molecule has 32 heavy (non-hydrogen) atoms. The average molecular weight is 432 g/mol. The highest BCUT2D eigenvalue weighted by Gasteiger charge is 2.22. The summed E-state index contributed by atoms with van der Waals surface area (Å²) in [6.45, 7) is 0. The van der Waals surface area contributed by atoms with Crippen LogP contribution >= 0.6 is 0 Å². The highest BCUT2D eigenvalue weighted by molar-refractivity contribution is 5.93. The first-order valence-electron chi connectivity index (χ1n) is 9.70. The van der Waals surface area contributed by atoms with Crippen LogP contribution in [0, 0.1) is 0 Å². The van der Waals surface area contributed by atoms with Crippen LogP contribution in [0.25, 0.3) is 22.3 Å². The molecule has 0 saturated carbocycles. The third-order valence-electron chi connectivity index (χ3n) is 4.92. The lowest BCUT2D eigenvalue weighted by Gasteiger charge is -2.12. The lowest BCUT2D eigenvalue weighted by Crippen LogP contribution is -2.16.